The summed E-state index contributed by atoms with van der Waals surface area (Å²) < 4.78 is 41.2. The summed E-state index contributed by atoms with van der Waals surface area (Å²) in [4.78, 5) is 25.8. The number of rotatable bonds is 6. The molecule has 0 aromatic heterocycles. The number of methoxy groups -OCH3 is 3. The lowest BCUT2D eigenvalue weighted by atomic mass is 10.0. The van der Waals surface area contributed by atoms with Crippen LogP contribution in [0.3, 0.4) is 0 Å². The highest BCUT2D eigenvalue weighted by Gasteiger charge is 2.31. The Bertz CT molecular complexity index is 1340. The van der Waals surface area contributed by atoms with Crippen molar-refractivity contribution in [1.82, 2.24) is 0 Å². The molecule has 4 rings (SSSR count). The van der Waals surface area contributed by atoms with E-state index >= 15 is 0 Å². The van der Waals surface area contributed by atoms with Crippen LogP contribution in [0.1, 0.15) is 31.8 Å². The largest absolute Gasteiger partial charge is 0.493 e. The molecule has 9 heteroatoms. The molecule has 1 aliphatic rings. The van der Waals surface area contributed by atoms with Gasteiger partial charge >= 0.3 is 5.97 Å². The van der Waals surface area contributed by atoms with Crippen molar-refractivity contribution in [1.29, 1.82) is 0 Å². The van der Waals surface area contributed by atoms with Gasteiger partial charge in [-0.1, -0.05) is 17.7 Å². The average Bonchev–Trinajstić information content (AvgIpc) is 3.15. The van der Waals surface area contributed by atoms with Gasteiger partial charge in [0.25, 0.3) is 0 Å². The number of allylic oxidation sites excluding steroid dienone is 1. The molecular formula is C26H20ClFO7. The Labute approximate surface area is 205 Å². The molecule has 0 saturated heterocycles. The molecule has 0 N–H and O–H groups in total. The number of Topliss-reactive ketones (excluding diaryl/α,β-unsaturated/α-hetero) is 1. The summed E-state index contributed by atoms with van der Waals surface area (Å²) in [6, 6.07) is 10.1. The van der Waals surface area contributed by atoms with Crippen molar-refractivity contribution < 1.29 is 37.7 Å². The Hall–Kier alpha value is -4.04. The Balaban J connectivity index is 1.64. The summed E-state index contributed by atoms with van der Waals surface area (Å²) in [6.07, 6.45) is 1.25. The molecule has 0 aliphatic carbocycles. The lowest BCUT2D eigenvalue weighted by Crippen LogP contribution is -2.10. The second-order valence-electron chi connectivity index (χ2n) is 7.49. The van der Waals surface area contributed by atoms with Crippen LogP contribution in [0.25, 0.3) is 6.08 Å². The summed E-state index contributed by atoms with van der Waals surface area (Å²) in [5, 5.41) is 0.140. The van der Waals surface area contributed by atoms with Crippen molar-refractivity contribution in [3.63, 3.8) is 0 Å². The predicted octanol–water partition coefficient (Wildman–Crippen LogP) is 5.65. The number of fused-ring (bicyclic) bond motifs is 1. The fourth-order valence-corrected chi connectivity index (χ4v) is 3.90. The first-order valence-electron chi connectivity index (χ1n) is 10.3. The number of ketones is 1. The first-order chi connectivity index (χ1) is 16.8. The number of carbonyl (C=O) groups excluding carboxylic acids is 2. The zero-order chi connectivity index (χ0) is 25.3. The van der Waals surface area contributed by atoms with E-state index in [-0.39, 0.29) is 39.0 Å². The van der Waals surface area contributed by atoms with E-state index in [1.165, 1.54) is 69.9 Å². The molecule has 0 unspecified atom stereocenters. The molecule has 1 aliphatic heterocycles. The third-order valence-corrected chi connectivity index (χ3v) is 5.66. The monoisotopic (exact) mass is 498 g/mol. The maximum Gasteiger partial charge on any atom is 0.343 e. The van der Waals surface area contributed by atoms with Crippen molar-refractivity contribution >= 4 is 29.4 Å². The van der Waals surface area contributed by atoms with Crippen LogP contribution in [0, 0.1) is 12.7 Å². The normalized spacial score (nSPS) is 13.3. The van der Waals surface area contributed by atoms with E-state index in [4.69, 9.17) is 35.3 Å². The number of hydrogen-bond acceptors (Lipinski definition) is 7. The molecular weight excluding hydrogens is 479 g/mol. The lowest BCUT2D eigenvalue weighted by Gasteiger charge is -2.14. The molecule has 0 saturated carbocycles. The van der Waals surface area contributed by atoms with Gasteiger partial charge in [-0.05, 0) is 48.9 Å². The molecule has 0 amide bonds. The maximum atomic E-state index is 14.2. The zero-order valence-corrected chi connectivity index (χ0v) is 20.0. The standard InChI is InChI=1S/C26H20ClFO7/c1-13-8-15(34-26(30)14-9-21(31-2)25(33-4)22(10-14)32-3)11-19-23(13)24(29)20(35-19)12-16-17(27)6-5-7-18(16)28/h5-12H,1-4H3/b20-12-. The number of ether oxygens (including phenoxy) is 5. The van der Waals surface area contributed by atoms with Gasteiger partial charge in [0.1, 0.15) is 17.3 Å². The summed E-state index contributed by atoms with van der Waals surface area (Å²) in [5.74, 6) is -0.558. The van der Waals surface area contributed by atoms with E-state index in [1.807, 2.05) is 0 Å². The SMILES string of the molecule is COc1cc(C(=O)Oc2cc(C)c3c(c2)O/C(=C\c2c(F)cccc2Cl)C3=O)cc(OC)c1OC. The summed E-state index contributed by atoms with van der Waals surface area (Å²) in [6.45, 7) is 1.68. The maximum absolute atomic E-state index is 14.2. The molecule has 1 heterocycles. The highest BCUT2D eigenvalue weighted by Crippen LogP contribution is 2.40. The van der Waals surface area contributed by atoms with Crippen LogP contribution >= 0.6 is 11.6 Å². The highest BCUT2D eigenvalue weighted by atomic mass is 35.5. The molecule has 0 spiro atoms. The van der Waals surface area contributed by atoms with Gasteiger partial charge in [0.2, 0.25) is 11.5 Å². The molecule has 0 bridgehead atoms. The van der Waals surface area contributed by atoms with Crippen molar-refractivity contribution in [2.75, 3.05) is 21.3 Å². The molecule has 180 valence electrons. The smallest absolute Gasteiger partial charge is 0.343 e. The second kappa shape index (κ2) is 9.68. The zero-order valence-electron chi connectivity index (χ0n) is 19.2. The Morgan fingerprint density at radius 1 is 1.03 bits per heavy atom. The Kier molecular flexibility index (Phi) is 6.66. The third kappa shape index (κ3) is 4.52. The lowest BCUT2D eigenvalue weighted by molar-refractivity contribution is 0.0733. The van der Waals surface area contributed by atoms with Crippen LogP contribution in [0.5, 0.6) is 28.7 Å². The van der Waals surface area contributed by atoms with E-state index in [2.05, 4.69) is 0 Å². The Morgan fingerprint density at radius 3 is 2.31 bits per heavy atom. The van der Waals surface area contributed by atoms with Crippen molar-refractivity contribution in [3.8, 4) is 28.7 Å². The molecule has 0 atom stereocenters. The van der Waals surface area contributed by atoms with Gasteiger partial charge in [-0.25, -0.2) is 9.18 Å². The van der Waals surface area contributed by atoms with E-state index < -0.39 is 17.6 Å². The van der Waals surface area contributed by atoms with E-state index in [0.717, 1.165) is 0 Å². The minimum absolute atomic E-state index is 0.0389. The fraction of sp³-hybridized carbons (Fsp3) is 0.154. The Morgan fingerprint density at radius 2 is 1.71 bits per heavy atom. The summed E-state index contributed by atoms with van der Waals surface area (Å²) >= 11 is 6.07. The molecule has 0 radical (unpaired) electrons. The number of benzene rings is 3. The van der Waals surface area contributed by atoms with Crippen LogP contribution in [-0.4, -0.2) is 33.1 Å². The molecule has 3 aromatic carbocycles. The van der Waals surface area contributed by atoms with Gasteiger partial charge in [-0.15, -0.1) is 0 Å². The van der Waals surface area contributed by atoms with Gasteiger partial charge in [-0.2, -0.15) is 0 Å². The molecule has 0 fully saturated rings. The van der Waals surface area contributed by atoms with Gasteiger partial charge < -0.3 is 23.7 Å². The summed E-state index contributed by atoms with van der Waals surface area (Å²) in [5.41, 5.74) is 1.00. The number of esters is 1. The van der Waals surface area contributed by atoms with E-state index in [1.54, 1.807) is 6.92 Å². The number of halogens is 2. The van der Waals surface area contributed by atoms with Crippen molar-refractivity contribution in [2.24, 2.45) is 0 Å². The highest BCUT2D eigenvalue weighted by molar-refractivity contribution is 6.32. The average molecular weight is 499 g/mol. The third-order valence-electron chi connectivity index (χ3n) is 5.33. The first-order valence-corrected chi connectivity index (χ1v) is 10.7. The van der Waals surface area contributed by atoms with Crippen LogP contribution < -0.4 is 23.7 Å². The van der Waals surface area contributed by atoms with Crippen molar-refractivity contribution in [3.05, 3.63) is 81.3 Å². The summed E-state index contributed by atoms with van der Waals surface area (Å²) in [7, 11) is 4.32. The van der Waals surface area contributed by atoms with Crippen LogP contribution in [0.2, 0.25) is 5.02 Å². The number of carbonyl (C=O) groups is 2. The second-order valence-corrected chi connectivity index (χ2v) is 7.90. The number of hydrogen-bond donors (Lipinski definition) is 0. The minimum atomic E-state index is -0.693. The predicted molar refractivity (Wildman–Crippen MR) is 127 cm³/mol. The van der Waals surface area contributed by atoms with E-state index in [0.29, 0.717) is 22.8 Å². The van der Waals surface area contributed by atoms with Crippen LogP contribution in [0.15, 0.2) is 48.2 Å². The quantitative estimate of drug-likeness (QED) is 0.247. The molecule has 3 aromatic rings. The van der Waals surface area contributed by atoms with Gasteiger partial charge in [0, 0.05) is 11.6 Å². The molecule has 7 nitrogen and oxygen atoms in total. The first kappa shape index (κ1) is 24.1. The minimum Gasteiger partial charge on any atom is -0.493 e. The van der Waals surface area contributed by atoms with Gasteiger partial charge in [0.15, 0.2) is 17.3 Å². The molecule has 35 heavy (non-hydrogen) atoms. The van der Waals surface area contributed by atoms with Gasteiger partial charge in [0.05, 0.1) is 37.5 Å². The fourth-order valence-electron chi connectivity index (χ4n) is 3.68. The van der Waals surface area contributed by atoms with Crippen molar-refractivity contribution in [2.45, 2.75) is 6.92 Å². The van der Waals surface area contributed by atoms with Crippen LogP contribution in [0.4, 0.5) is 4.39 Å². The van der Waals surface area contributed by atoms with Crippen LogP contribution in [-0.2, 0) is 0 Å². The van der Waals surface area contributed by atoms with E-state index in [9.17, 15) is 14.0 Å². The van der Waals surface area contributed by atoms with Gasteiger partial charge in [-0.3, -0.25) is 4.79 Å². The number of aryl methyl sites for hydroxylation is 1. The topological polar surface area (TPSA) is 80.3 Å².